The Morgan fingerprint density at radius 2 is 1.50 bits per heavy atom. The number of hydrogen-bond donors (Lipinski definition) is 6. The predicted molar refractivity (Wildman–Crippen MR) is 111 cm³/mol. The standard InChI is InChI=1S/C21H23N3O6/c25-12-16(27)19(29)18(28)15(26)11-22-24-21-23-17(13-7-3-1-4-8-13)20(30-21)14-9-5-2-6-10-14/h1-11,15-16,18-19,25-29H,12H2,(H,23,24)/b22-11+/t15-,16-,18-,19-/m1/s1. The molecule has 0 bridgehead atoms. The van der Waals surface area contributed by atoms with Crippen molar-refractivity contribution in [2.75, 3.05) is 12.0 Å². The van der Waals surface area contributed by atoms with Gasteiger partial charge in [-0.3, -0.25) is 0 Å². The number of benzene rings is 2. The van der Waals surface area contributed by atoms with Crippen LogP contribution in [0.3, 0.4) is 0 Å². The third kappa shape index (κ3) is 5.09. The molecule has 0 aliphatic carbocycles. The molecule has 4 atom stereocenters. The van der Waals surface area contributed by atoms with Crippen molar-refractivity contribution in [2.45, 2.75) is 24.4 Å². The lowest BCUT2D eigenvalue weighted by Crippen LogP contribution is -2.46. The summed E-state index contributed by atoms with van der Waals surface area (Å²) in [6, 6.07) is 18.9. The summed E-state index contributed by atoms with van der Waals surface area (Å²) < 4.78 is 5.80. The van der Waals surface area contributed by atoms with Crippen LogP contribution in [0.4, 0.5) is 6.01 Å². The third-order valence-corrected chi connectivity index (χ3v) is 4.38. The number of rotatable bonds is 9. The molecule has 9 nitrogen and oxygen atoms in total. The van der Waals surface area contributed by atoms with Crippen molar-refractivity contribution in [3.63, 3.8) is 0 Å². The molecule has 0 saturated carbocycles. The smallest absolute Gasteiger partial charge is 0.316 e. The molecule has 9 heteroatoms. The maximum atomic E-state index is 9.88. The van der Waals surface area contributed by atoms with Gasteiger partial charge in [-0.2, -0.15) is 10.1 Å². The van der Waals surface area contributed by atoms with E-state index in [2.05, 4.69) is 15.5 Å². The summed E-state index contributed by atoms with van der Waals surface area (Å²) in [6.45, 7) is -0.763. The molecule has 1 heterocycles. The van der Waals surface area contributed by atoms with Crippen molar-refractivity contribution in [2.24, 2.45) is 5.10 Å². The topological polar surface area (TPSA) is 152 Å². The molecule has 6 N–H and O–H groups in total. The molecule has 1 aromatic heterocycles. The second-order valence-electron chi connectivity index (χ2n) is 6.54. The van der Waals surface area contributed by atoms with E-state index in [1.54, 1.807) is 0 Å². The first-order chi connectivity index (χ1) is 14.5. The first-order valence-electron chi connectivity index (χ1n) is 9.25. The third-order valence-electron chi connectivity index (χ3n) is 4.38. The SMILES string of the molecule is OC[C@@H](O)[C@@H](O)[C@H](O)[C@H](O)/C=N/Nc1nc(-c2ccccc2)c(-c2ccccc2)o1. The van der Waals surface area contributed by atoms with E-state index in [-0.39, 0.29) is 6.01 Å². The van der Waals surface area contributed by atoms with Crippen LogP contribution in [0.5, 0.6) is 0 Å². The highest BCUT2D eigenvalue weighted by Crippen LogP contribution is 2.34. The Kier molecular flexibility index (Phi) is 7.28. The number of anilines is 1. The predicted octanol–water partition coefficient (Wildman–Crippen LogP) is 0.842. The summed E-state index contributed by atoms with van der Waals surface area (Å²) >= 11 is 0. The minimum atomic E-state index is -1.75. The Balaban J connectivity index is 1.79. The summed E-state index contributed by atoms with van der Waals surface area (Å²) in [5.41, 5.74) is 4.80. The van der Waals surface area contributed by atoms with Crippen molar-refractivity contribution in [1.82, 2.24) is 4.98 Å². The van der Waals surface area contributed by atoms with Gasteiger partial charge in [0.05, 0.1) is 12.8 Å². The average molecular weight is 413 g/mol. The number of nitrogens with zero attached hydrogens (tertiary/aromatic N) is 2. The Morgan fingerprint density at radius 3 is 2.10 bits per heavy atom. The van der Waals surface area contributed by atoms with E-state index < -0.39 is 31.0 Å². The van der Waals surface area contributed by atoms with Gasteiger partial charge in [-0.1, -0.05) is 60.7 Å². The van der Waals surface area contributed by atoms with E-state index in [4.69, 9.17) is 9.52 Å². The number of hydrazone groups is 1. The van der Waals surface area contributed by atoms with Gasteiger partial charge in [-0.05, 0) is 0 Å². The van der Waals surface area contributed by atoms with Crippen LogP contribution >= 0.6 is 0 Å². The van der Waals surface area contributed by atoms with Crippen LogP contribution in [0, 0.1) is 0 Å². The summed E-state index contributed by atoms with van der Waals surface area (Å²) in [7, 11) is 0. The van der Waals surface area contributed by atoms with Crippen molar-refractivity contribution < 1.29 is 29.9 Å². The van der Waals surface area contributed by atoms with Crippen LogP contribution in [0.25, 0.3) is 22.6 Å². The molecule has 0 aliphatic heterocycles. The fourth-order valence-corrected chi connectivity index (χ4v) is 2.74. The van der Waals surface area contributed by atoms with Crippen LogP contribution < -0.4 is 5.43 Å². The highest BCUT2D eigenvalue weighted by molar-refractivity contribution is 5.78. The van der Waals surface area contributed by atoms with Crippen molar-refractivity contribution >= 4 is 12.2 Å². The van der Waals surface area contributed by atoms with Gasteiger partial charge in [0.2, 0.25) is 0 Å². The van der Waals surface area contributed by atoms with Gasteiger partial charge in [0.1, 0.15) is 30.1 Å². The quantitative estimate of drug-likeness (QED) is 0.223. The highest BCUT2D eigenvalue weighted by Gasteiger charge is 2.29. The molecular formula is C21H23N3O6. The number of oxazole rings is 1. The Morgan fingerprint density at radius 1 is 0.900 bits per heavy atom. The number of hydrogen-bond acceptors (Lipinski definition) is 9. The van der Waals surface area contributed by atoms with Gasteiger partial charge >= 0.3 is 6.01 Å². The maximum Gasteiger partial charge on any atom is 0.316 e. The normalized spacial score (nSPS) is 15.6. The second kappa shape index (κ2) is 10.1. The van der Waals surface area contributed by atoms with Gasteiger partial charge in [-0.15, -0.1) is 0 Å². The maximum absolute atomic E-state index is 9.88. The van der Waals surface area contributed by atoms with Gasteiger partial charge in [-0.25, -0.2) is 5.43 Å². The fraction of sp³-hybridized carbons (Fsp3) is 0.238. The van der Waals surface area contributed by atoms with Crippen molar-refractivity contribution in [3.05, 3.63) is 60.7 Å². The Hall–Kier alpha value is -3.08. The largest absolute Gasteiger partial charge is 0.422 e. The summed E-state index contributed by atoms with van der Waals surface area (Å²) in [5.74, 6) is 0.529. The number of nitrogens with one attached hydrogen (secondary N) is 1. The van der Waals surface area contributed by atoms with E-state index >= 15 is 0 Å². The summed E-state index contributed by atoms with van der Waals surface area (Å²) in [5, 5.41) is 51.2. The van der Waals surface area contributed by atoms with Crippen molar-refractivity contribution in [3.8, 4) is 22.6 Å². The van der Waals surface area contributed by atoms with Gasteiger partial charge in [0.15, 0.2) is 5.76 Å². The fourth-order valence-electron chi connectivity index (χ4n) is 2.74. The van der Waals surface area contributed by atoms with E-state index in [0.29, 0.717) is 11.5 Å². The molecule has 0 radical (unpaired) electrons. The zero-order valence-electron chi connectivity index (χ0n) is 15.9. The summed E-state index contributed by atoms with van der Waals surface area (Å²) in [4.78, 5) is 4.42. The lowest BCUT2D eigenvalue weighted by molar-refractivity contribution is -0.0999. The molecule has 0 unspecified atom stereocenters. The molecule has 0 fully saturated rings. The van der Waals surface area contributed by atoms with Crippen LogP contribution in [0.15, 0.2) is 70.2 Å². The molecule has 2 aromatic carbocycles. The molecule has 0 spiro atoms. The molecule has 0 amide bonds. The van der Waals surface area contributed by atoms with Gasteiger partial charge < -0.3 is 29.9 Å². The minimum Gasteiger partial charge on any atom is -0.422 e. The lowest BCUT2D eigenvalue weighted by Gasteiger charge is -2.23. The highest BCUT2D eigenvalue weighted by atomic mass is 16.4. The van der Waals surface area contributed by atoms with E-state index in [0.717, 1.165) is 17.3 Å². The van der Waals surface area contributed by atoms with Gasteiger partial charge in [0.25, 0.3) is 0 Å². The number of aromatic nitrogens is 1. The molecule has 0 saturated heterocycles. The van der Waals surface area contributed by atoms with Crippen LogP contribution in [-0.2, 0) is 0 Å². The Labute approximate surface area is 172 Å². The molecule has 0 aliphatic rings. The Bertz CT molecular complexity index is 891. The number of aliphatic hydroxyl groups excluding tert-OH is 5. The molecule has 3 aromatic rings. The first kappa shape index (κ1) is 21.6. The van der Waals surface area contributed by atoms with Crippen LogP contribution in [0.1, 0.15) is 0 Å². The van der Waals surface area contributed by atoms with E-state index in [1.165, 1.54) is 0 Å². The molecule has 3 rings (SSSR count). The molecule has 158 valence electrons. The van der Waals surface area contributed by atoms with E-state index in [9.17, 15) is 20.4 Å². The first-order valence-corrected chi connectivity index (χ1v) is 9.25. The monoisotopic (exact) mass is 413 g/mol. The zero-order valence-corrected chi connectivity index (χ0v) is 15.9. The van der Waals surface area contributed by atoms with Crippen molar-refractivity contribution in [1.29, 1.82) is 0 Å². The van der Waals surface area contributed by atoms with Crippen LogP contribution in [0.2, 0.25) is 0 Å². The minimum absolute atomic E-state index is 0.0570. The molecule has 30 heavy (non-hydrogen) atoms. The number of aliphatic hydroxyl groups is 5. The second-order valence-corrected chi connectivity index (χ2v) is 6.54. The van der Waals surface area contributed by atoms with Crippen LogP contribution in [-0.4, -0.2) is 67.8 Å². The van der Waals surface area contributed by atoms with E-state index in [1.807, 2.05) is 60.7 Å². The molecular weight excluding hydrogens is 390 g/mol. The average Bonchev–Trinajstić information content (AvgIpc) is 3.22. The lowest BCUT2D eigenvalue weighted by atomic mass is 10.0. The van der Waals surface area contributed by atoms with Gasteiger partial charge in [0, 0.05) is 11.1 Å². The summed E-state index contributed by atoms with van der Waals surface area (Å²) in [6.07, 6.45) is -5.77. The zero-order chi connectivity index (χ0) is 21.5.